The van der Waals surface area contributed by atoms with Crippen LogP contribution in [0.3, 0.4) is 0 Å². The molecule has 2 atom stereocenters. The molecule has 2 unspecified atom stereocenters. The fraction of sp³-hybridized carbons (Fsp3) is 0.600. The lowest BCUT2D eigenvalue weighted by molar-refractivity contribution is 0.426. The Morgan fingerprint density at radius 3 is 2.62 bits per heavy atom. The zero-order valence-corrected chi connectivity index (χ0v) is 10.7. The Hall–Kier alpha value is 0.140. The Labute approximate surface area is 92.7 Å². The van der Waals surface area contributed by atoms with E-state index in [0.29, 0.717) is 12.0 Å². The van der Waals surface area contributed by atoms with Crippen LogP contribution >= 0.6 is 27.3 Å². The van der Waals surface area contributed by atoms with E-state index in [1.54, 1.807) is 0 Å². The zero-order chi connectivity index (χ0) is 9.84. The first-order chi connectivity index (χ1) is 6.13. The van der Waals surface area contributed by atoms with Crippen LogP contribution in [0.4, 0.5) is 0 Å². The fourth-order valence-electron chi connectivity index (χ4n) is 1.24. The van der Waals surface area contributed by atoms with E-state index in [1.807, 2.05) is 18.4 Å². The van der Waals surface area contributed by atoms with Crippen molar-refractivity contribution in [2.24, 2.45) is 5.92 Å². The summed E-state index contributed by atoms with van der Waals surface area (Å²) in [6, 6.07) is 4.91. The molecule has 1 heterocycles. The summed E-state index contributed by atoms with van der Waals surface area (Å²) in [5.74, 6) is 0.690. The normalized spacial score (nSPS) is 15.7. The van der Waals surface area contributed by atoms with Crippen molar-refractivity contribution in [2.75, 3.05) is 7.05 Å². The standard InChI is InChI=1S/C10H16BrNS/c1-7(8(2)12-3)6-9-4-5-10(11)13-9/h4-5,7-8,12H,6H2,1-3H3. The molecule has 1 rings (SSSR count). The van der Waals surface area contributed by atoms with E-state index >= 15 is 0 Å². The van der Waals surface area contributed by atoms with Gasteiger partial charge >= 0.3 is 0 Å². The van der Waals surface area contributed by atoms with Crippen molar-refractivity contribution in [3.05, 3.63) is 20.8 Å². The van der Waals surface area contributed by atoms with Crippen molar-refractivity contribution in [1.82, 2.24) is 5.32 Å². The topological polar surface area (TPSA) is 12.0 Å². The third-order valence-electron chi connectivity index (χ3n) is 2.46. The highest BCUT2D eigenvalue weighted by atomic mass is 79.9. The van der Waals surface area contributed by atoms with Gasteiger partial charge in [-0.3, -0.25) is 0 Å². The number of hydrogen-bond acceptors (Lipinski definition) is 2. The van der Waals surface area contributed by atoms with E-state index in [2.05, 4.69) is 47.2 Å². The highest BCUT2D eigenvalue weighted by Crippen LogP contribution is 2.24. The minimum absolute atomic E-state index is 0.584. The van der Waals surface area contributed by atoms with Gasteiger partial charge in [0.1, 0.15) is 0 Å². The van der Waals surface area contributed by atoms with Crippen LogP contribution in [-0.2, 0) is 6.42 Å². The predicted molar refractivity (Wildman–Crippen MR) is 63.4 cm³/mol. The largest absolute Gasteiger partial charge is 0.317 e. The molecule has 0 saturated heterocycles. The summed E-state index contributed by atoms with van der Waals surface area (Å²) in [6.07, 6.45) is 1.16. The van der Waals surface area contributed by atoms with Crippen LogP contribution < -0.4 is 5.32 Å². The molecule has 0 aromatic carbocycles. The van der Waals surface area contributed by atoms with Crippen LogP contribution in [-0.4, -0.2) is 13.1 Å². The van der Waals surface area contributed by atoms with Gasteiger partial charge in [0.05, 0.1) is 3.79 Å². The molecule has 0 aliphatic rings. The lowest BCUT2D eigenvalue weighted by Crippen LogP contribution is -2.29. The number of halogens is 1. The quantitative estimate of drug-likeness (QED) is 0.877. The van der Waals surface area contributed by atoms with E-state index in [9.17, 15) is 0 Å². The average Bonchev–Trinajstić information content (AvgIpc) is 2.49. The first kappa shape index (κ1) is 11.2. The van der Waals surface area contributed by atoms with Gasteiger partial charge in [0.25, 0.3) is 0 Å². The number of thiophene rings is 1. The minimum atomic E-state index is 0.584. The maximum atomic E-state index is 3.48. The van der Waals surface area contributed by atoms with E-state index < -0.39 is 0 Å². The van der Waals surface area contributed by atoms with Crippen LogP contribution in [0.5, 0.6) is 0 Å². The maximum absolute atomic E-state index is 3.48. The Morgan fingerprint density at radius 1 is 1.46 bits per heavy atom. The first-order valence-electron chi connectivity index (χ1n) is 4.55. The molecule has 0 aliphatic heterocycles. The minimum Gasteiger partial charge on any atom is -0.317 e. The molecule has 0 aliphatic carbocycles. The van der Waals surface area contributed by atoms with Crippen molar-refractivity contribution in [3.8, 4) is 0 Å². The van der Waals surface area contributed by atoms with E-state index in [1.165, 1.54) is 8.66 Å². The van der Waals surface area contributed by atoms with Gasteiger partial charge in [-0.05, 0) is 54.4 Å². The van der Waals surface area contributed by atoms with Crippen LogP contribution in [0.2, 0.25) is 0 Å². The highest BCUT2D eigenvalue weighted by molar-refractivity contribution is 9.11. The van der Waals surface area contributed by atoms with Crippen molar-refractivity contribution in [2.45, 2.75) is 26.3 Å². The van der Waals surface area contributed by atoms with E-state index in [-0.39, 0.29) is 0 Å². The number of rotatable bonds is 4. The fourth-order valence-corrected chi connectivity index (χ4v) is 2.86. The smallest absolute Gasteiger partial charge is 0.0701 e. The Bertz CT molecular complexity index is 259. The average molecular weight is 262 g/mol. The van der Waals surface area contributed by atoms with Gasteiger partial charge in [0.2, 0.25) is 0 Å². The van der Waals surface area contributed by atoms with Gasteiger partial charge in [0.15, 0.2) is 0 Å². The summed E-state index contributed by atoms with van der Waals surface area (Å²) < 4.78 is 1.23. The van der Waals surface area contributed by atoms with E-state index in [4.69, 9.17) is 0 Å². The molecule has 0 bridgehead atoms. The number of hydrogen-bond donors (Lipinski definition) is 1. The van der Waals surface area contributed by atoms with Gasteiger partial charge in [-0.25, -0.2) is 0 Å². The molecule has 0 saturated carbocycles. The molecule has 1 N–H and O–H groups in total. The summed E-state index contributed by atoms with van der Waals surface area (Å²) in [5, 5.41) is 3.28. The van der Waals surface area contributed by atoms with Crippen LogP contribution in [0, 0.1) is 5.92 Å². The summed E-state index contributed by atoms with van der Waals surface area (Å²) in [5.41, 5.74) is 0. The SMILES string of the molecule is CNC(C)C(C)Cc1ccc(Br)s1. The van der Waals surface area contributed by atoms with Gasteiger partial charge in [0, 0.05) is 10.9 Å². The second kappa shape index (κ2) is 5.13. The van der Waals surface area contributed by atoms with E-state index in [0.717, 1.165) is 6.42 Å². The molecule has 1 nitrogen and oxygen atoms in total. The monoisotopic (exact) mass is 261 g/mol. The molecular weight excluding hydrogens is 246 g/mol. The predicted octanol–water partition coefficient (Wildman–Crippen LogP) is 3.30. The van der Waals surface area contributed by atoms with Crippen molar-refractivity contribution in [1.29, 1.82) is 0 Å². The summed E-state index contributed by atoms with van der Waals surface area (Å²) >= 11 is 5.31. The molecule has 74 valence electrons. The number of nitrogens with one attached hydrogen (secondary N) is 1. The summed E-state index contributed by atoms with van der Waals surface area (Å²) in [7, 11) is 2.02. The van der Waals surface area contributed by atoms with Crippen molar-refractivity contribution < 1.29 is 0 Å². The Balaban J connectivity index is 2.49. The Kier molecular flexibility index (Phi) is 4.42. The maximum Gasteiger partial charge on any atom is 0.0701 e. The lowest BCUT2D eigenvalue weighted by atomic mass is 9.99. The van der Waals surface area contributed by atoms with Crippen LogP contribution in [0.15, 0.2) is 15.9 Å². The van der Waals surface area contributed by atoms with Crippen LogP contribution in [0.25, 0.3) is 0 Å². The third kappa shape index (κ3) is 3.41. The second-order valence-electron chi connectivity index (χ2n) is 3.46. The molecule has 1 aromatic rings. The van der Waals surface area contributed by atoms with Crippen molar-refractivity contribution in [3.63, 3.8) is 0 Å². The molecular formula is C10H16BrNS. The highest BCUT2D eigenvalue weighted by Gasteiger charge is 2.11. The molecule has 0 fully saturated rings. The van der Waals surface area contributed by atoms with Gasteiger partial charge in [-0.15, -0.1) is 11.3 Å². The van der Waals surface area contributed by atoms with Crippen molar-refractivity contribution >= 4 is 27.3 Å². The lowest BCUT2D eigenvalue weighted by Gasteiger charge is -2.18. The zero-order valence-electron chi connectivity index (χ0n) is 8.30. The third-order valence-corrected chi connectivity index (χ3v) is 4.11. The molecule has 0 spiro atoms. The summed E-state index contributed by atoms with van der Waals surface area (Å²) in [6.45, 7) is 4.52. The molecule has 0 amide bonds. The van der Waals surface area contributed by atoms with Gasteiger partial charge in [-0.1, -0.05) is 6.92 Å². The van der Waals surface area contributed by atoms with Crippen LogP contribution in [0.1, 0.15) is 18.7 Å². The van der Waals surface area contributed by atoms with Gasteiger partial charge in [-0.2, -0.15) is 0 Å². The Morgan fingerprint density at radius 2 is 2.15 bits per heavy atom. The molecule has 13 heavy (non-hydrogen) atoms. The first-order valence-corrected chi connectivity index (χ1v) is 6.16. The molecule has 3 heteroatoms. The van der Waals surface area contributed by atoms with Gasteiger partial charge < -0.3 is 5.32 Å². The molecule has 0 radical (unpaired) electrons. The second-order valence-corrected chi connectivity index (χ2v) is 6.01. The summed E-state index contributed by atoms with van der Waals surface area (Å²) in [4.78, 5) is 1.46. The molecule has 1 aromatic heterocycles.